The third-order valence-corrected chi connectivity index (χ3v) is 5.87. The number of rotatable bonds is 4. The smallest absolute Gasteiger partial charge is 0.150 e. The van der Waals surface area contributed by atoms with Crippen LogP contribution in [0.2, 0.25) is 0 Å². The quantitative estimate of drug-likeness (QED) is 0.872. The Morgan fingerprint density at radius 3 is 2.77 bits per heavy atom. The van der Waals surface area contributed by atoms with Gasteiger partial charge in [0.05, 0.1) is 24.9 Å². The fraction of sp³-hybridized carbons (Fsp3) is 0.722. The highest BCUT2D eigenvalue weighted by Crippen LogP contribution is 2.33. The second-order valence-corrected chi connectivity index (χ2v) is 7.91. The van der Waals surface area contributed by atoms with E-state index in [9.17, 15) is 5.11 Å². The molecule has 4 heterocycles. The van der Waals surface area contributed by atoms with Crippen LogP contribution in [-0.2, 0) is 26.7 Å². The Bertz CT molecular complexity index is 781. The lowest BCUT2D eigenvalue weighted by molar-refractivity contribution is 0.155. The molecule has 1 saturated heterocycles. The van der Waals surface area contributed by atoms with E-state index in [2.05, 4.69) is 50.4 Å². The molecule has 0 bridgehead atoms. The molecule has 2 aliphatic heterocycles. The molecule has 0 aromatic carbocycles. The number of aliphatic hydroxyl groups is 1. The second kappa shape index (κ2) is 6.75. The van der Waals surface area contributed by atoms with Crippen LogP contribution in [0, 0.1) is 6.92 Å². The van der Waals surface area contributed by atoms with Gasteiger partial charge in [0.2, 0.25) is 0 Å². The summed E-state index contributed by atoms with van der Waals surface area (Å²) in [7, 11) is 1.98. The Labute approximate surface area is 154 Å². The molecule has 0 radical (unpaired) electrons. The molecule has 8 nitrogen and oxygen atoms in total. The fourth-order valence-electron chi connectivity index (χ4n) is 4.21. The molecule has 1 N–H and O–H groups in total. The van der Waals surface area contributed by atoms with Gasteiger partial charge in [-0.3, -0.25) is 14.5 Å². The van der Waals surface area contributed by atoms with Gasteiger partial charge in [-0.25, -0.2) is 0 Å². The van der Waals surface area contributed by atoms with E-state index in [-0.39, 0.29) is 12.1 Å². The lowest BCUT2D eigenvalue weighted by Crippen LogP contribution is -2.36. The minimum absolute atomic E-state index is 0.165. The largest absolute Gasteiger partial charge is 0.392 e. The zero-order valence-electron chi connectivity index (χ0n) is 16.1. The van der Waals surface area contributed by atoms with Crippen LogP contribution >= 0.6 is 0 Å². The highest BCUT2D eigenvalue weighted by atomic mass is 16.3. The fourth-order valence-corrected chi connectivity index (χ4v) is 4.21. The Kier molecular flexibility index (Phi) is 4.58. The van der Waals surface area contributed by atoms with Gasteiger partial charge in [-0.05, 0) is 27.2 Å². The second-order valence-electron chi connectivity index (χ2n) is 7.91. The van der Waals surface area contributed by atoms with Crippen molar-refractivity contribution in [3.05, 3.63) is 29.1 Å². The number of aryl methyl sites for hydroxylation is 1. The Morgan fingerprint density at radius 1 is 1.27 bits per heavy atom. The average molecular weight is 359 g/mol. The van der Waals surface area contributed by atoms with Crippen LogP contribution in [0.5, 0.6) is 0 Å². The highest BCUT2D eigenvalue weighted by molar-refractivity contribution is 5.16. The molecule has 142 valence electrons. The molecule has 4 rings (SSSR count). The maximum atomic E-state index is 10.1. The molecular formula is C18H29N7O. The summed E-state index contributed by atoms with van der Waals surface area (Å²) >= 11 is 0. The van der Waals surface area contributed by atoms with Crippen molar-refractivity contribution in [3.8, 4) is 0 Å². The first kappa shape index (κ1) is 17.6. The molecule has 0 spiro atoms. The minimum Gasteiger partial charge on any atom is -0.392 e. The summed E-state index contributed by atoms with van der Waals surface area (Å²) in [5, 5.41) is 23.5. The van der Waals surface area contributed by atoms with E-state index in [1.54, 1.807) is 0 Å². The Hall–Kier alpha value is -1.77. The first-order valence-electron chi connectivity index (χ1n) is 9.49. The predicted molar refractivity (Wildman–Crippen MR) is 97.3 cm³/mol. The topological polar surface area (TPSA) is 75.2 Å². The summed E-state index contributed by atoms with van der Waals surface area (Å²) in [5.41, 5.74) is 2.48. The van der Waals surface area contributed by atoms with Crippen LogP contribution in [0.4, 0.5) is 0 Å². The van der Waals surface area contributed by atoms with Crippen molar-refractivity contribution < 1.29 is 5.11 Å². The first-order valence-corrected chi connectivity index (χ1v) is 9.49. The van der Waals surface area contributed by atoms with E-state index in [1.165, 1.54) is 11.3 Å². The van der Waals surface area contributed by atoms with E-state index in [4.69, 9.17) is 0 Å². The predicted octanol–water partition coefficient (Wildman–Crippen LogP) is 0.852. The van der Waals surface area contributed by atoms with Gasteiger partial charge in [0.1, 0.15) is 5.82 Å². The van der Waals surface area contributed by atoms with Crippen molar-refractivity contribution in [2.75, 3.05) is 13.1 Å². The number of hydrogen-bond donors (Lipinski definition) is 1. The molecular weight excluding hydrogens is 330 g/mol. The van der Waals surface area contributed by atoms with Crippen LogP contribution in [0.1, 0.15) is 49.2 Å². The molecule has 2 aromatic rings. The summed E-state index contributed by atoms with van der Waals surface area (Å²) in [4.78, 5) is 4.74. The number of nitrogens with zero attached hydrogens (tertiary/aromatic N) is 7. The maximum Gasteiger partial charge on any atom is 0.150 e. The van der Waals surface area contributed by atoms with Crippen LogP contribution in [0.25, 0.3) is 0 Å². The first-order chi connectivity index (χ1) is 12.4. The lowest BCUT2D eigenvalue weighted by atomic mass is 10.1. The summed E-state index contributed by atoms with van der Waals surface area (Å²) in [5.74, 6) is 2.04. The number of β-amino-alcohol motifs (C(OH)–C–C–N with tert-alkyl or cyclic N) is 1. The maximum absolute atomic E-state index is 10.1. The van der Waals surface area contributed by atoms with E-state index in [0.717, 1.165) is 50.8 Å². The lowest BCUT2D eigenvalue weighted by Gasteiger charge is -2.31. The standard InChI is InChI=1S/C18H29N7O/c1-12(2)25-10-15(26)7-16(25)18-21-20-17-11-23(5-6-24(17)18)9-14-8-19-22(4)13(14)3/h8,12,15-16,26H,5-7,9-11H2,1-4H3/t15-,16-/m0/s1. The molecule has 0 saturated carbocycles. The van der Waals surface area contributed by atoms with Crippen molar-refractivity contribution >= 4 is 0 Å². The monoisotopic (exact) mass is 359 g/mol. The van der Waals surface area contributed by atoms with Crippen molar-refractivity contribution in [1.29, 1.82) is 0 Å². The number of hydrogen-bond acceptors (Lipinski definition) is 6. The molecule has 1 fully saturated rings. The summed E-state index contributed by atoms with van der Waals surface area (Å²) in [6.07, 6.45) is 2.43. The number of fused-ring (bicyclic) bond motifs is 1. The van der Waals surface area contributed by atoms with Gasteiger partial charge in [-0.15, -0.1) is 10.2 Å². The summed E-state index contributed by atoms with van der Waals surface area (Å²) in [6, 6.07) is 0.553. The Balaban J connectivity index is 1.51. The van der Waals surface area contributed by atoms with Gasteiger partial charge in [0.15, 0.2) is 5.82 Å². The van der Waals surface area contributed by atoms with Crippen molar-refractivity contribution in [2.45, 2.75) is 65.0 Å². The van der Waals surface area contributed by atoms with Gasteiger partial charge in [-0.2, -0.15) is 5.10 Å². The Morgan fingerprint density at radius 2 is 2.08 bits per heavy atom. The minimum atomic E-state index is -0.274. The number of likely N-dealkylation sites (tertiary alicyclic amines) is 1. The molecule has 2 aliphatic rings. The number of aromatic nitrogens is 5. The van der Waals surface area contributed by atoms with Crippen LogP contribution in [0.3, 0.4) is 0 Å². The number of aliphatic hydroxyl groups excluding tert-OH is 1. The molecule has 2 atom stereocenters. The van der Waals surface area contributed by atoms with Gasteiger partial charge < -0.3 is 9.67 Å². The third kappa shape index (κ3) is 3.06. The van der Waals surface area contributed by atoms with Gasteiger partial charge >= 0.3 is 0 Å². The van der Waals surface area contributed by atoms with E-state index in [1.807, 2.05) is 17.9 Å². The molecule has 2 aromatic heterocycles. The molecule has 8 heteroatoms. The van der Waals surface area contributed by atoms with Crippen LogP contribution in [-0.4, -0.2) is 64.7 Å². The third-order valence-electron chi connectivity index (χ3n) is 5.87. The molecule has 0 amide bonds. The van der Waals surface area contributed by atoms with E-state index < -0.39 is 0 Å². The average Bonchev–Trinajstić information content (AvgIpc) is 3.27. The normalized spacial score (nSPS) is 24.5. The van der Waals surface area contributed by atoms with Crippen LogP contribution < -0.4 is 0 Å². The van der Waals surface area contributed by atoms with Crippen molar-refractivity contribution in [2.24, 2.45) is 7.05 Å². The molecule has 0 aliphatic carbocycles. The van der Waals surface area contributed by atoms with Crippen molar-refractivity contribution in [3.63, 3.8) is 0 Å². The highest BCUT2D eigenvalue weighted by Gasteiger charge is 2.37. The zero-order valence-corrected chi connectivity index (χ0v) is 16.1. The summed E-state index contributed by atoms with van der Waals surface area (Å²) in [6.45, 7) is 10.8. The van der Waals surface area contributed by atoms with Gasteiger partial charge in [-0.1, -0.05) is 0 Å². The molecule has 26 heavy (non-hydrogen) atoms. The zero-order chi connectivity index (χ0) is 18.4. The SMILES string of the molecule is Cc1c(CN2CCn3c(nnc3[C@@H]3C[C@H](O)CN3C(C)C)C2)cnn1C. The van der Waals surface area contributed by atoms with Crippen LogP contribution in [0.15, 0.2) is 6.20 Å². The van der Waals surface area contributed by atoms with Crippen molar-refractivity contribution in [1.82, 2.24) is 34.3 Å². The molecule has 0 unspecified atom stereocenters. The van der Waals surface area contributed by atoms with Gasteiger partial charge in [0.25, 0.3) is 0 Å². The summed E-state index contributed by atoms with van der Waals surface area (Å²) < 4.78 is 4.19. The van der Waals surface area contributed by atoms with E-state index >= 15 is 0 Å². The van der Waals surface area contributed by atoms with E-state index in [0.29, 0.717) is 6.04 Å². The van der Waals surface area contributed by atoms with Gasteiger partial charge in [0, 0.05) is 50.5 Å².